The van der Waals surface area contributed by atoms with Gasteiger partial charge in [0.25, 0.3) is 5.91 Å². The van der Waals surface area contributed by atoms with Gasteiger partial charge in [0, 0.05) is 30.9 Å². The zero-order valence-corrected chi connectivity index (χ0v) is 16.6. The molecule has 2 aromatic rings. The zero-order chi connectivity index (χ0) is 19.2. The lowest BCUT2D eigenvalue weighted by Gasteiger charge is -2.29. The Labute approximate surface area is 164 Å². The van der Waals surface area contributed by atoms with E-state index in [-0.39, 0.29) is 18.0 Å². The topological polar surface area (TPSA) is 64.7 Å². The molecular weight excluding hydrogens is 360 g/mol. The highest BCUT2D eigenvalue weighted by Crippen LogP contribution is 2.22. The summed E-state index contributed by atoms with van der Waals surface area (Å²) in [6.45, 7) is 8.00. The molecule has 1 aliphatic rings. The van der Waals surface area contributed by atoms with Crippen molar-refractivity contribution in [3.63, 3.8) is 0 Å². The van der Waals surface area contributed by atoms with Gasteiger partial charge in [-0.05, 0) is 59.7 Å². The van der Waals surface area contributed by atoms with Crippen LogP contribution in [0.5, 0.6) is 0 Å². The summed E-state index contributed by atoms with van der Waals surface area (Å²) in [5, 5.41) is 10.1. The lowest BCUT2D eigenvalue weighted by molar-refractivity contribution is 0.0935. The van der Waals surface area contributed by atoms with Crippen LogP contribution in [0.25, 0.3) is 0 Å². The number of benzene rings is 1. The quantitative estimate of drug-likeness (QED) is 0.733. The van der Waals surface area contributed by atoms with E-state index in [1.165, 1.54) is 5.56 Å². The lowest BCUT2D eigenvalue weighted by Crippen LogP contribution is -2.37. The summed E-state index contributed by atoms with van der Waals surface area (Å²) in [7, 11) is 0. The Bertz CT molecular complexity index is 757. The van der Waals surface area contributed by atoms with E-state index < -0.39 is 0 Å². The number of thiophene rings is 1. The van der Waals surface area contributed by atoms with E-state index in [2.05, 4.69) is 46.2 Å². The van der Waals surface area contributed by atoms with E-state index in [4.69, 9.17) is 0 Å². The predicted molar refractivity (Wildman–Crippen MR) is 110 cm³/mol. The summed E-state index contributed by atoms with van der Waals surface area (Å²) < 4.78 is 0. The third-order valence-corrected chi connectivity index (χ3v) is 5.64. The minimum Gasteiger partial charge on any atom is -0.350 e. The second kappa shape index (κ2) is 9.01. The van der Waals surface area contributed by atoms with Crippen LogP contribution in [-0.2, 0) is 0 Å². The highest BCUT2D eigenvalue weighted by Gasteiger charge is 2.22. The third kappa shape index (κ3) is 4.48. The molecule has 0 radical (unpaired) electrons. The van der Waals surface area contributed by atoms with Crippen molar-refractivity contribution in [1.82, 2.24) is 15.5 Å². The molecule has 0 unspecified atom stereocenters. The first-order valence-electron chi connectivity index (χ1n) is 9.33. The van der Waals surface area contributed by atoms with Gasteiger partial charge in [-0.15, -0.1) is 0 Å². The molecule has 0 bridgehead atoms. The number of carbonyl (C=O) groups excluding carboxylic acids is 2. The van der Waals surface area contributed by atoms with Crippen molar-refractivity contribution in [2.75, 3.05) is 37.6 Å². The average molecular weight is 387 g/mol. The molecule has 7 heteroatoms. The maximum atomic E-state index is 12.6. The van der Waals surface area contributed by atoms with Gasteiger partial charge in [0.1, 0.15) is 0 Å². The molecule has 1 fully saturated rings. The van der Waals surface area contributed by atoms with Crippen molar-refractivity contribution < 1.29 is 9.59 Å². The molecule has 0 spiro atoms. The van der Waals surface area contributed by atoms with E-state index in [0.29, 0.717) is 25.2 Å². The molecule has 0 saturated carbocycles. The van der Waals surface area contributed by atoms with Crippen LogP contribution in [0.1, 0.15) is 35.8 Å². The van der Waals surface area contributed by atoms with Crippen LogP contribution in [0.15, 0.2) is 41.1 Å². The van der Waals surface area contributed by atoms with Gasteiger partial charge in [-0.2, -0.15) is 11.3 Å². The molecule has 144 valence electrons. The first-order valence-corrected chi connectivity index (χ1v) is 10.3. The summed E-state index contributed by atoms with van der Waals surface area (Å²) >= 11 is 1.67. The molecular formula is C20H26N4O2S. The molecule has 2 N–H and O–H groups in total. The number of nitrogens with zero attached hydrogens (tertiary/aromatic N) is 2. The summed E-state index contributed by atoms with van der Waals surface area (Å²) in [4.78, 5) is 28.4. The Kier molecular flexibility index (Phi) is 6.47. The molecule has 6 nitrogen and oxygen atoms in total. The van der Waals surface area contributed by atoms with Gasteiger partial charge < -0.3 is 10.6 Å². The van der Waals surface area contributed by atoms with Crippen LogP contribution < -0.4 is 15.5 Å². The van der Waals surface area contributed by atoms with Crippen molar-refractivity contribution in [3.05, 3.63) is 52.2 Å². The van der Waals surface area contributed by atoms with Gasteiger partial charge in [-0.1, -0.05) is 13.8 Å². The van der Waals surface area contributed by atoms with Gasteiger partial charge in [0.2, 0.25) is 0 Å². The number of likely N-dealkylation sites (N-methyl/N-ethyl adjacent to an activating group) is 1. The Morgan fingerprint density at radius 1 is 1.26 bits per heavy atom. The van der Waals surface area contributed by atoms with E-state index in [1.807, 2.05) is 12.1 Å². The van der Waals surface area contributed by atoms with Gasteiger partial charge in [-0.25, -0.2) is 4.79 Å². The van der Waals surface area contributed by atoms with Crippen molar-refractivity contribution in [3.8, 4) is 0 Å². The van der Waals surface area contributed by atoms with Crippen molar-refractivity contribution in [2.45, 2.75) is 19.9 Å². The van der Waals surface area contributed by atoms with Gasteiger partial charge >= 0.3 is 6.03 Å². The molecule has 2 heterocycles. The second-order valence-corrected chi connectivity index (χ2v) is 7.21. The van der Waals surface area contributed by atoms with Crippen molar-refractivity contribution in [2.24, 2.45) is 0 Å². The summed E-state index contributed by atoms with van der Waals surface area (Å²) in [5.74, 6) is -0.0974. The first kappa shape index (κ1) is 19.4. The normalized spacial score (nSPS) is 15.1. The van der Waals surface area contributed by atoms with E-state index in [9.17, 15) is 9.59 Å². The molecule has 1 atom stereocenters. The number of amides is 3. The van der Waals surface area contributed by atoms with Crippen molar-refractivity contribution >= 4 is 29.0 Å². The number of urea groups is 1. The largest absolute Gasteiger partial charge is 0.350 e. The van der Waals surface area contributed by atoms with Crippen molar-refractivity contribution in [1.29, 1.82) is 0 Å². The smallest absolute Gasteiger partial charge is 0.321 e. The summed E-state index contributed by atoms with van der Waals surface area (Å²) in [5.41, 5.74) is 2.64. The second-order valence-electron chi connectivity index (χ2n) is 6.43. The highest BCUT2D eigenvalue weighted by molar-refractivity contribution is 7.07. The maximum absolute atomic E-state index is 12.6. The average Bonchev–Trinajstić information content (AvgIpc) is 3.37. The SMILES string of the molecule is CCN(CC)[C@@H](CNC(=O)c1ccc(N2CCNC2=O)cc1)c1ccsc1. The fourth-order valence-corrected chi connectivity index (χ4v) is 4.10. The number of anilines is 1. The number of rotatable bonds is 8. The molecule has 3 amide bonds. The molecule has 1 aromatic carbocycles. The van der Waals surface area contributed by atoms with Crippen LogP contribution in [-0.4, -0.2) is 49.6 Å². The summed E-state index contributed by atoms with van der Waals surface area (Å²) in [6, 6.07) is 9.38. The van der Waals surface area contributed by atoms with Gasteiger partial charge in [0.15, 0.2) is 0 Å². The number of hydrogen-bond donors (Lipinski definition) is 2. The number of carbonyl (C=O) groups is 2. The maximum Gasteiger partial charge on any atom is 0.321 e. The van der Waals surface area contributed by atoms with E-state index >= 15 is 0 Å². The van der Waals surface area contributed by atoms with Crippen LogP contribution in [0, 0.1) is 0 Å². The van der Waals surface area contributed by atoms with E-state index in [1.54, 1.807) is 28.4 Å². The Morgan fingerprint density at radius 3 is 2.56 bits per heavy atom. The van der Waals surface area contributed by atoms with Gasteiger partial charge in [-0.3, -0.25) is 14.6 Å². The van der Waals surface area contributed by atoms with E-state index in [0.717, 1.165) is 18.8 Å². The fourth-order valence-electron chi connectivity index (χ4n) is 3.39. The minimum atomic E-state index is -0.0974. The lowest BCUT2D eigenvalue weighted by atomic mass is 10.1. The van der Waals surface area contributed by atoms with Crippen LogP contribution in [0.2, 0.25) is 0 Å². The molecule has 27 heavy (non-hydrogen) atoms. The molecule has 1 aliphatic heterocycles. The standard InChI is InChI=1S/C20H26N4O2S/c1-3-23(4-2)18(16-9-12-27-14-16)13-22-19(25)15-5-7-17(8-6-15)24-11-10-21-20(24)26/h5-9,12,14,18H,3-4,10-11,13H2,1-2H3,(H,21,26)(H,22,25)/t18-/m0/s1. The van der Waals surface area contributed by atoms with Crippen LogP contribution in [0.4, 0.5) is 10.5 Å². The number of nitrogens with one attached hydrogen (secondary N) is 2. The van der Waals surface area contributed by atoms with Crippen LogP contribution in [0.3, 0.4) is 0 Å². The highest BCUT2D eigenvalue weighted by atomic mass is 32.1. The Hall–Kier alpha value is -2.38. The molecule has 3 rings (SSSR count). The minimum absolute atomic E-state index is 0.0926. The molecule has 1 aromatic heterocycles. The summed E-state index contributed by atoms with van der Waals surface area (Å²) in [6.07, 6.45) is 0. The first-order chi connectivity index (χ1) is 13.1. The Balaban J connectivity index is 1.64. The fraction of sp³-hybridized carbons (Fsp3) is 0.400. The van der Waals surface area contributed by atoms with Crippen LogP contribution >= 0.6 is 11.3 Å². The molecule has 0 aliphatic carbocycles. The van der Waals surface area contributed by atoms with Gasteiger partial charge in [0.05, 0.1) is 6.04 Å². The Morgan fingerprint density at radius 2 is 2.00 bits per heavy atom. The number of hydrogen-bond acceptors (Lipinski definition) is 4. The predicted octanol–water partition coefficient (Wildman–Crippen LogP) is 3.09. The molecule has 1 saturated heterocycles. The monoisotopic (exact) mass is 386 g/mol. The zero-order valence-electron chi connectivity index (χ0n) is 15.8. The third-order valence-electron chi connectivity index (χ3n) is 4.94.